The Bertz CT molecular complexity index is 1300. The summed E-state index contributed by atoms with van der Waals surface area (Å²) < 4.78 is 77.0. The lowest BCUT2D eigenvalue weighted by Crippen LogP contribution is -2.50. The third-order valence-electron chi connectivity index (χ3n) is 5.59. The number of sulfonamides is 2. The molecule has 0 aromatic heterocycles. The van der Waals surface area contributed by atoms with Gasteiger partial charge in [0, 0.05) is 13.1 Å². The van der Waals surface area contributed by atoms with Gasteiger partial charge in [-0.2, -0.15) is 4.31 Å². The van der Waals surface area contributed by atoms with Crippen molar-refractivity contribution in [3.05, 3.63) is 53.3 Å². The molecule has 2 aromatic rings. The molecule has 0 aliphatic carbocycles. The first-order valence-corrected chi connectivity index (χ1v) is 15.1. The molecule has 1 saturated heterocycles. The van der Waals surface area contributed by atoms with Crippen molar-refractivity contribution in [2.75, 3.05) is 50.0 Å². The van der Waals surface area contributed by atoms with E-state index in [4.69, 9.17) is 21.1 Å². The topological polar surface area (TPSA) is 122 Å². The molecular weight excluding hydrogens is 549 g/mol. The molecule has 1 N–H and O–H groups in total. The molecule has 37 heavy (non-hydrogen) atoms. The lowest BCUT2D eigenvalue weighted by Gasteiger charge is -2.30. The van der Waals surface area contributed by atoms with Crippen LogP contribution in [0.5, 0.6) is 5.75 Å². The molecule has 1 aliphatic rings. The van der Waals surface area contributed by atoms with Gasteiger partial charge >= 0.3 is 0 Å². The highest BCUT2D eigenvalue weighted by atomic mass is 35.5. The molecule has 1 amide bonds. The van der Waals surface area contributed by atoms with Crippen LogP contribution in [0.3, 0.4) is 0 Å². The molecule has 3 rings (SSSR count). The fraction of sp³-hybridized carbons (Fsp3) is 0.435. The summed E-state index contributed by atoms with van der Waals surface area (Å²) in [6.45, 7) is 3.06. The number of carbonyl (C=O) groups excluding carboxylic acids is 1. The highest BCUT2D eigenvalue weighted by Gasteiger charge is 2.32. The molecule has 0 spiro atoms. The van der Waals surface area contributed by atoms with Crippen LogP contribution in [0.1, 0.15) is 13.3 Å². The second-order valence-electron chi connectivity index (χ2n) is 8.21. The number of nitrogens with zero attached hydrogens (tertiary/aromatic N) is 2. The average Bonchev–Trinajstić information content (AvgIpc) is 2.87. The summed E-state index contributed by atoms with van der Waals surface area (Å²) in [5, 5.41) is 2.37. The van der Waals surface area contributed by atoms with Crippen LogP contribution in [0.2, 0.25) is 5.02 Å². The van der Waals surface area contributed by atoms with E-state index in [1.54, 1.807) is 6.92 Å². The first-order valence-electron chi connectivity index (χ1n) is 11.5. The molecule has 2 aromatic carbocycles. The Morgan fingerprint density at radius 2 is 1.81 bits per heavy atom. The molecule has 0 bridgehead atoms. The molecule has 10 nitrogen and oxygen atoms in total. The van der Waals surface area contributed by atoms with Crippen molar-refractivity contribution < 1.29 is 35.5 Å². The predicted molar refractivity (Wildman–Crippen MR) is 137 cm³/mol. The Labute approximate surface area is 221 Å². The summed E-state index contributed by atoms with van der Waals surface area (Å²) in [5.41, 5.74) is 0.0688. The maximum atomic E-state index is 13.6. The summed E-state index contributed by atoms with van der Waals surface area (Å²) in [7, 11) is -7.52. The van der Waals surface area contributed by atoms with E-state index in [9.17, 15) is 26.0 Å². The van der Waals surface area contributed by atoms with Gasteiger partial charge < -0.3 is 14.8 Å². The molecule has 0 radical (unpaired) electrons. The molecule has 1 heterocycles. The number of benzene rings is 2. The molecule has 0 unspecified atom stereocenters. The summed E-state index contributed by atoms with van der Waals surface area (Å²) in [6, 6.07) is 8.27. The van der Waals surface area contributed by atoms with E-state index in [2.05, 4.69) is 5.32 Å². The maximum Gasteiger partial charge on any atom is 0.244 e. The van der Waals surface area contributed by atoms with E-state index in [1.165, 1.54) is 34.6 Å². The van der Waals surface area contributed by atoms with Gasteiger partial charge in [-0.05, 0) is 48.9 Å². The lowest BCUT2D eigenvalue weighted by molar-refractivity contribution is -0.122. The van der Waals surface area contributed by atoms with Gasteiger partial charge in [0.1, 0.15) is 24.2 Å². The normalized spacial score (nSPS) is 15.7. The third kappa shape index (κ3) is 7.32. The molecule has 204 valence electrons. The second-order valence-corrected chi connectivity index (χ2v) is 12.4. The highest BCUT2D eigenvalue weighted by molar-refractivity contribution is 7.92. The monoisotopic (exact) mass is 577 g/mol. The van der Waals surface area contributed by atoms with Crippen LogP contribution in [0.25, 0.3) is 0 Å². The van der Waals surface area contributed by atoms with Crippen LogP contribution in [-0.2, 0) is 29.6 Å². The number of morpholine rings is 1. The number of hydrogen-bond acceptors (Lipinski definition) is 7. The van der Waals surface area contributed by atoms with Crippen LogP contribution in [-0.4, -0.2) is 78.8 Å². The molecule has 1 atom stereocenters. The van der Waals surface area contributed by atoms with Gasteiger partial charge in [-0.1, -0.05) is 18.5 Å². The Hall–Kier alpha value is -2.45. The fourth-order valence-electron chi connectivity index (χ4n) is 3.79. The number of nitrogens with one attached hydrogen (secondary N) is 1. The van der Waals surface area contributed by atoms with Crippen LogP contribution in [0, 0.1) is 5.82 Å². The maximum absolute atomic E-state index is 13.6. The Kier molecular flexibility index (Phi) is 9.75. The zero-order chi connectivity index (χ0) is 27.2. The number of amides is 1. The summed E-state index contributed by atoms with van der Waals surface area (Å²) in [4.78, 5) is 13.0. The number of rotatable bonds is 11. The van der Waals surface area contributed by atoms with Crippen molar-refractivity contribution in [1.29, 1.82) is 0 Å². The number of halogens is 2. The SMILES string of the molecule is CC[C@@H](C(=O)NCCOc1ccc(S(=O)(=O)N2CCOCC2)cc1)N(c1ccc(F)c(Cl)c1)S(C)(=O)=O. The lowest BCUT2D eigenvalue weighted by atomic mass is 10.2. The van der Waals surface area contributed by atoms with Gasteiger partial charge in [0.05, 0.1) is 41.6 Å². The minimum atomic E-state index is -3.90. The second kappa shape index (κ2) is 12.4. The molecule has 14 heteroatoms. The van der Waals surface area contributed by atoms with Crippen molar-refractivity contribution in [3.8, 4) is 5.75 Å². The van der Waals surface area contributed by atoms with Crippen molar-refractivity contribution >= 4 is 43.2 Å². The average molecular weight is 578 g/mol. The van der Waals surface area contributed by atoms with Crippen molar-refractivity contribution in [1.82, 2.24) is 9.62 Å². The van der Waals surface area contributed by atoms with Gasteiger partial charge in [0.25, 0.3) is 0 Å². The fourth-order valence-corrected chi connectivity index (χ4v) is 6.57. The minimum Gasteiger partial charge on any atom is -0.492 e. The van der Waals surface area contributed by atoms with E-state index in [0.29, 0.717) is 32.1 Å². The predicted octanol–water partition coefficient (Wildman–Crippen LogP) is 2.24. The summed E-state index contributed by atoms with van der Waals surface area (Å²) >= 11 is 5.82. The number of ether oxygens (including phenoxy) is 2. The quantitative estimate of drug-likeness (QED) is 0.406. The van der Waals surface area contributed by atoms with Crippen molar-refractivity contribution in [2.24, 2.45) is 0 Å². The first kappa shape index (κ1) is 29.1. The van der Waals surface area contributed by atoms with Gasteiger partial charge in [-0.15, -0.1) is 0 Å². The number of anilines is 1. The van der Waals surface area contributed by atoms with E-state index in [-0.39, 0.29) is 35.2 Å². The van der Waals surface area contributed by atoms with Crippen LogP contribution in [0.15, 0.2) is 47.4 Å². The summed E-state index contributed by atoms with van der Waals surface area (Å²) in [5.74, 6) is -0.870. The van der Waals surface area contributed by atoms with Gasteiger partial charge in [-0.25, -0.2) is 21.2 Å². The van der Waals surface area contributed by atoms with Crippen LogP contribution >= 0.6 is 11.6 Å². The first-order chi connectivity index (χ1) is 17.4. The van der Waals surface area contributed by atoms with Crippen molar-refractivity contribution in [3.63, 3.8) is 0 Å². The zero-order valence-electron chi connectivity index (χ0n) is 20.4. The third-order valence-corrected chi connectivity index (χ3v) is 8.97. The zero-order valence-corrected chi connectivity index (χ0v) is 22.8. The number of carbonyl (C=O) groups is 1. The molecular formula is C23H29ClFN3O7S2. The van der Waals surface area contributed by atoms with Crippen LogP contribution in [0.4, 0.5) is 10.1 Å². The molecule has 0 saturated carbocycles. The van der Waals surface area contributed by atoms with Crippen LogP contribution < -0.4 is 14.4 Å². The number of hydrogen-bond donors (Lipinski definition) is 1. The van der Waals surface area contributed by atoms with Gasteiger partial charge in [0.2, 0.25) is 26.0 Å². The Morgan fingerprint density at radius 1 is 1.16 bits per heavy atom. The largest absolute Gasteiger partial charge is 0.492 e. The van der Waals surface area contributed by atoms with E-state index < -0.39 is 37.8 Å². The minimum absolute atomic E-state index is 0.0545. The van der Waals surface area contributed by atoms with E-state index >= 15 is 0 Å². The van der Waals surface area contributed by atoms with Crippen molar-refractivity contribution in [2.45, 2.75) is 24.3 Å². The Balaban J connectivity index is 1.59. The molecule has 1 fully saturated rings. The van der Waals surface area contributed by atoms with E-state index in [0.717, 1.165) is 22.7 Å². The van der Waals surface area contributed by atoms with E-state index in [1.807, 2.05) is 0 Å². The summed E-state index contributed by atoms with van der Waals surface area (Å²) in [6.07, 6.45) is 1.10. The van der Waals surface area contributed by atoms with Gasteiger partial charge in [0.15, 0.2) is 0 Å². The Morgan fingerprint density at radius 3 is 2.38 bits per heavy atom. The smallest absolute Gasteiger partial charge is 0.244 e. The molecule has 1 aliphatic heterocycles. The van der Waals surface area contributed by atoms with Gasteiger partial charge in [-0.3, -0.25) is 9.10 Å². The highest BCUT2D eigenvalue weighted by Crippen LogP contribution is 2.27. The standard InChI is InChI=1S/C23H29ClFN3O7S2/c1-3-22(28(36(2,30)31)17-4-9-21(25)20(24)16-17)23(29)26-10-13-35-18-5-7-19(8-6-18)37(32,33)27-11-14-34-15-12-27/h4-9,16,22H,3,10-15H2,1-2H3,(H,26,29)/t22-/m0/s1.